The molecule has 170 valence electrons. The average Bonchev–Trinajstić information content (AvgIpc) is 3.17. The third-order valence-corrected chi connectivity index (χ3v) is 6.33. The number of carbonyl (C=O) groups excluding carboxylic acids is 3. The van der Waals surface area contributed by atoms with Gasteiger partial charge in [-0.25, -0.2) is 9.78 Å². The van der Waals surface area contributed by atoms with Gasteiger partial charge in [0, 0.05) is 18.1 Å². The van der Waals surface area contributed by atoms with Crippen molar-refractivity contribution in [3.05, 3.63) is 34.5 Å². The molecule has 2 aliphatic heterocycles. The predicted molar refractivity (Wildman–Crippen MR) is 116 cm³/mol. The number of hydrogen-bond donors (Lipinski definition) is 3. The number of hydrogen-bond acceptors (Lipinski definition) is 11. The number of allylic oxidation sites excluding steroid dienone is 1. The Morgan fingerprint density at radius 3 is 2.81 bits per heavy atom. The minimum atomic E-state index is -1.28. The molecule has 12 nitrogen and oxygen atoms in total. The molecule has 0 saturated carbocycles. The van der Waals surface area contributed by atoms with Gasteiger partial charge < -0.3 is 25.7 Å². The van der Waals surface area contributed by atoms with Gasteiger partial charge in [0.2, 0.25) is 0 Å². The molecule has 3 heterocycles. The number of thioether (sulfide) groups is 1. The third kappa shape index (κ3) is 4.75. The number of nitrogens with one attached hydrogen (secondary N) is 1. The molecule has 0 aliphatic carbocycles. The van der Waals surface area contributed by atoms with Gasteiger partial charge in [0.15, 0.2) is 10.8 Å². The van der Waals surface area contributed by atoms with Crippen LogP contribution in [0.25, 0.3) is 0 Å². The Bertz CT molecular complexity index is 1050. The molecule has 2 aliphatic rings. The molecular formula is C18H19N5O7S2. The van der Waals surface area contributed by atoms with E-state index in [1.165, 1.54) is 43.3 Å². The number of oxime groups is 1. The summed E-state index contributed by atoms with van der Waals surface area (Å²) in [6, 6.07) is -0.952. The number of nitrogens with zero attached hydrogens (tertiary/aromatic N) is 3. The van der Waals surface area contributed by atoms with Gasteiger partial charge >= 0.3 is 11.9 Å². The third-order valence-electron chi connectivity index (χ3n) is 4.35. The van der Waals surface area contributed by atoms with Gasteiger partial charge in [-0.05, 0) is 11.6 Å². The molecule has 1 aromatic heterocycles. The van der Waals surface area contributed by atoms with Crippen molar-refractivity contribution < 1.29 is 33.9 Å². The number of anilines is 1. The van der Waals surface area contributed by atoms with E-state index in [-0.39, 0.29) is 34.6 Å². The second-order valence-corrected chi connectivity index (χ2v) is 8.43. The van der Waals surface area contributed by atoms with Crippen LogP contribution < -0.4 is 11.1 Å². The van der Waals surface area contributed by atoms with Crippen molar-refractivity contribution >= 4 is 57.7 Å². The number of thiazole rings is 1. The van der Waals surface area contributed by atoms with Crippen molar-refractivity contribution in [2.45, 2.75) is 18.3 Å². The summed E-state index contributed by atoms with van der Waals surface area (Å²) in [5.74, 6) is -2.74. The van der Waals surface area contributed by atoms with Crippen molar-refractivity contribution in [3.8, 4) is 0 Å². The van der Waals surface area contributed by atoms with E-state index in [1.807, 2.05) is 0 Å². The Balaban J connectivity index is 1.75. The van der Waals surface area contributed by atoms with Gasteiger partial charge in [-0.2, -0.15) is 0 Å². The number of nitrogen functional groups attached to an aromatic ring is 1. The molecule has 2 amide bonds. The monoisotopic (exact) mass is 481 g/mol. The zero-order chi connectivity index (χ0) is 23.4. The van der Waals surface area contributed by atoms with Crippen molar-refractivity contribution in [1.82, 2.24) is 15.2 Å². The Hall–Kier alpha value is -3.39. The number of rotatable bonds is 8. The normalized spacial score (nSPS) is 20.6. The first-order chi connectivity index (χ1) is 15.2. The second kappa shape index (κ2) is 9.82. The molecule has 0 aromatic carbocycles. The van der Waals surface area contributed by atoms with Crippen LogP contribution in [0.3, 0.4) is 0 Å². The summed E-state index contributed by atoms with van der Waals surface area (Å²) in [7, 11) is 1.26. The van der Waals surface area contributed by atoms with Gasteiger partial charge in [-0.1, -0.05) is 11.2 Å². The van der Waals surface area contributed by atoms with Crippen LogP contribution in [0, 0.1) is 0 Å². The van der Waals surface area contributed by atoms with Crippen molar-refractivity contribution in [3.63, 3.8) is 0 Å². The smallest absolute Gasteiger partial charge is 0.352 e. The fourth-order valence-corrected chi connectivity index (χ4v) is 4.89. The lowest BCUT2D eigenvalue weighted by atomic mass is 10.0. The van der Waals surface area contributed by atoms with E-state index in [1.54, 1.807) is 0 Å². The Labute approximate surface area is 190 Å². The van der Waals surface area contributed by atoms with Crippen molar-refractivity contribution in [1.29, 1.82) is 0 Å². The van der Waals surface area contributed by atoms with Crippen molar-refractivity contribution in [2.24, 2.45) is 5.16 Å². The van der Waals surface area contributed by atoms with Gasteiger partial charge in [0.1, 0.15) is 36.5 Å². The first kappa shape index (κ1) is 23.3. The summed E-state index contributed by atoms with van der Waals surface area (Å²) in [6.45, 7) is 1.24. The molecule has 3 rings (SSSR count). The number of β-lactam (4-membered cyclic amide) rings is 1. The number of nitrogens with two attached hydrogens (primary N) is 1. The molecule has 0 unspecified atom stereocenters. The van der Waals surface area contributed by atoms with E-state index in [4.69, 9.17) is 15.3 Å². The molecule has 14 heteroatoms. The van der Waals surface area contributed by atoms with E-state index in [2.05, 4.69) is 15.5 Å². The minimum Gasteiger partial charge on any atom is -0.477 e. The lowest BCUT2D eigenvalue weighted by molar-refractivity contribution is -0.150. The lowest BCUT2D eigenvalue weighted by Gasteiger charge is -2.49. The molecule has 0 spiro atoms. The highest BCUT2D eigenvalue weighted by atomic mass is 32.2. The lowest BCUT2D eigenvalue weighted by Crippen LogP contribution is -2.71. The maximum Gasteiger partial charge on any atom is 0.352 e. The fourth-order valence-electron chi connectivity index (χ4n) is 3.03. The highest BCUT2D eigenvalue weighted by Gasteiger charge is 2.54. The van der Waals surface area contributed by atoms with Crippen LogP contribution in [0.2, 0.25) is 0 Å². The molecule has 4 N–H and O–H groups in total. The molecule has 0 bridgehead atoms. The quantitative estimate of drug-likeness (QED) is 0.197. The van der Waals surface area contributed by atoms with E-state index in [0.717, 1.165) is 16.2 Å². The maximum absolute atomic E-state index is 12.7. The summed E-state index contributed by atoms with van der Waals surface area (Å²) in [6.07, 6.45) is 3.00. The second-order valence-electron chi connectivity index (χ2n) is 6.44. The minimum absolute atomic E-state index is 0.0187. The van der Waals surface area contributed by atoms with E-state index < -0.39 is 35.2 Å². The molecular weight excluding hydrogens is 462 g/mol. The first-order valence-electron chi connectivity index (χ1n) is 9.09. The summed E-state index contributed by atoms with van der Waals surface area (Å²) >= 11 is 2.40. The first-order valence-corrected chi connectivity index (χ1v) is 11.0. The number of esters is 1. The highest BCUT2D eigenvalue weighted by Crippen LogP contribution is 2.40. The van der Waals surface area contributed by atoms with Crippen LogP contribution in [0.15, 0.2) is 34.0 Å². The van der Waals surface area contributed by atoms with Gasteiger partial charge in [0.25, 0.3) is 11.8 Å². The Morgan fingerprint density at radius 1 is 1.47 bits per heavy atom. The number of carboxylic acids is 1. The SMILES string of the molecule is CO/N=C(\C(=O)N[C@@H]1C(=O)N2C(C(=O)O)=C(/C=C\COC(C)=O)CS[C@@H]12)c1csc(N)n1. The predicted octanol–water partition coefficient (Wildman–Crippen LogP) is -0.0663. The number of carboxylic acid groups (broad SMARTS) is 1. The number of carbonyl (C=O) groups is 4. The molecule has 1 saturated heterocycles. The van der Waals surface area contributed by atoms with E-state index in [0.29, 0.717) is 5.57 Å². The zero-order valence-corrected chi connectivity index (χ0v) is 18.6. The van der Waals surface area contributed by atoms with Crippen LogP contribution in [0.1, 0.15) is 12.6 Å². The number of amides is 2. The molecule has 1 aromatic rings. The van der Waals surface area contributed by atoms with Crippen LogP contribution >= 0.6 is 23.1 Å². The number of fused-ring (bicyclic) bond motifs is 1. The van der Waals surface area contributed by atoms with Crippen LogP contribution in [-0.4, -0.2) is 75.3 Å². The van der Waals surface area contributed by atoms with E-state index >= 15 is 0 Å². The fraction of sp³-hybridized carbons (Fsp3) is 0.333. The Morgan fingerprint density at radius 2 is 2.22 bits per heavy atom. The van der Waals surface area contributed by atoms with Crippen LogP contribution in [-0.2, 0) is 28.8 Å². The molecule has 1 fully saturated rings. The van der Waals surface area contributed by atoms with E-state index in [9.17, 15) is 24.3 Å². The summed E-state index contributed by atoms with van der Waals surface area (Å²) in [4.78, 5) is 57.9. The number of ether oxygens (including phenoxy) is 1. The highest BCUT2D eigenvalue weighted by molar-refractivity contribution is 8.00. The molecule has 32 heavy (non-hydrogen) atoms. The van der Waals surface area contributed by atoms with Crippen molar-refractivity contribution in [2.75, 3.05) is 25.2 Å². The number of aromatic nitrogens is 1. The summed E-state index contributed by atoms with van der Waals surface area (Å²) in [5.41, 5.74) is 5.85. The standard InChI is InChI=1S/C18H19N5O7S2/c1-8(24)30-5-3-4-9-6-31-16-12(15(26)23(16)13(9)17(27)28)21-14(25)11(22-29-2)10-7-32-18(19)20-10/h3-4,7,12,16H,5-6H2,1-2H3,(H2,19,20)(H,21,25)(H,27,28)/b4-3-,22-11-/t12-,16+/m1/s1. The Kier molecular flexibility index (Phi) is 7.15. The van der Waals surface area contributed by atoms with Gasteiger partial charge in [-0.15, -0.1) is 23.1 Å². The van der Waals surface area contributed by atoms with Gasteiger partial charge in [0.05, 0.1) is 0 Å². The summed E-state index contributed by atoms with van der Waals surface area (Å²) < 4.78 is 4.79. The molecule has 0 radical (unpaired) electrons. The van der Waals surface area contributed by atoms with Crippen LogP contribution in [0.4, 0.5) is 5.13 Å². The zero-order valence-electron chi connectivity index (χ0n) is 16.9. The van der Waals surface area contributed by atoms with Gasteiger partial charge in [-0.3, -0.25) is 19.3 Å². The average molecular weight is 482 g/mol. The number of aliphatic carboxylic acids is 1. The van der Waals surface area contributed by atoms with Crippen LogP contribution in [0.5, 0.6) is 0 Å². The maximum atomic E-state index is 12.7. The molecule has 2 atom stereocenters. The largest absolute Gasteiger partial charge is 0.477 e. The topological polar surface area (TPSA) is 174 Å². The summed E-state index contributed by atoms with van der Waals surface area (Å²) in [5, 5.41) is 17.0.